The maximum Gasteiger partial charge on any atom is 0.331 e. The molecule has 20 heavy (non-hydrogen) atoms. The highest BCUT2D eigenvalue weighted by Gasteiger charge is 2.56. The highest BCUT2D eigenvalue weighted by Crippen LogP contribution is 2.38. The molecule has 3 rings (SSSR count). The number of hydrogen-bond acceptors (Lipinski definition) is 3. The topological polar surface area (TPSA) is 52.7 Å². The van der Waals surface area contributed by atoms with Gasteiger partial charge in [-0.1, -0.05) is 18.2 Å². The third-order valence-electron chi connectivity index (χ3n) is 4.05. The molecule has 108 valence electrons. The van der Waals surface area contributed by atoms with Crippen LogP contribution in [0.5, 0.6) is 0 Å². The van der Waals surface area contributed by atoms with E-state index in [9.17, 15) is 9.59 Å². The Morgan fingerprint density at radius 2 is 1.70 bits per heavy atom. The van der Waals surface area contributed by atoms with E-state index in [1.54, 1.807) is 11.9 Å². The van der Waals surface area contributed by atoms with E-state index in [0.29, 0.717) is 12.8 Å². The molecule has 2 heterocycles. The van der Waals surface area contributed by atoms with Crippen LogP contribution in [-0.2, 0) is 4.79 Å². The molecule has 0 unspecified atom stereocenters. The SMILES string of the molecule is CN1C(=O)N(c2ccccc2)C2(CCNCC2)C1=O.Cl. The van der Waals surface area contributed by atoms with Crippen molar-refractivity contribution in [1.29, 1.82) is 0 Å². The van der Waals surface area contributed by atoms with Crippen LogP contribution >= 0.6 is 12.4 Å². The molecule has 2 aliphatic rings. The Kier molecular flexibility index (Phi) is 4.01. The lowest BCUT2D eigenvalue weighted by atomic mass is 9.86. The molecule has 1 aromatic rings. The van der Waals surface area contributed by atoms with Crippen LogP contribution in [-0.4, -0.2) is 42.5 Å². The van der Waals surface area contributed by atoms with Crippen LogP contribution < -0.4 is 10.2 Å². The number of para-hydroxylation sites is 1. The smallest absolute Gasteiger partial charge is 0.317 e. The number of urea groups is 1. The molecule has 2 aliphatic heterocycles. The average molecular weight is 296 g/mol. The monoisotopic (exact) mass is 295 g/mol. The fourth-order valence-corrected chi connectivity index (χ4v) is 3.04. The number of carbonyl (C=O) groups is 2. The van der Waals surface area contributed by atoms with Crippen molar-refractivity contribution in [3.8, 4) is 0 Å². The minimum atomic E-state index is -0.696. The number of hydrogen-bond donors (Lipinski definition) is 1. The predicted octanol–water partition coefficient (Wildman–Crippen LogP) is 1.63. The van der Waals surface area contributed by atoms with E-state index in [1.165, 1.54) is 4.90 Å². The van der Waals surface area contributed by atoms with Gasteiger partial charge in [0.2, 0.25) is 0 Å². The molecule has 0 aromatic heterocycles. The summed E-state index contributed by atoms with van der Waals surface area (Å²) in [6.07, 6.45) is 1.33. The zero-order chi connectivity index (χ0) is 13.5. The van der Waals surface area contributed by atoms with Gasteiger partial charge in [-0.25, -0.2) is 4.79 Å². The number of imide groups is 1. The predicted molar refractivity (Wildman–Crippen MR) is 79.2 cm³/mol. The van der Waals surface area contributed by atoms with Crippen molar-refractivity contribution in [2.24, 2.45) is 0 Å². The van der Waals surface area contributed by atoms with E-state index in [1.807, 2.05) is 30.3 Å². The second kappa shape index (κ2) is 5.42. The van der Waals surface area contributed by atoms with E-state index in [2.05, 4.69) is 5.32 Å². The summed E-state index contributed by atoms with van der Waals surface area (Å²) in [6.45, 7) is 1.52. The van der Waals surface area contributed by atoms with Gasteiger partial charge < -0.3 is 5.32 Å². The van der Waals surface area contributed by atoms with Crippen molar-refractivity contribution in [1.82, 2.24) is 10.2 Å². The van der Waals surface area contributed by atoms with Crippen molar-refractivity contribution in [3.63, 3.8) is 0 Å². The molecule has 2 saturated heterocycles. The zero-order valence-corrected chi connectivity index (χ0v) is 12.2. The number of nitrogens with zero attached hydrogens (tertiary/aromatic N) is 2. The lowest BCUT2D eigenvalue weighted by molar-refractivity contribution is -0.130. The molecule has 0 aliphatic carbocycles. The summed E-state index contributed by atoms with van der Waals surface area (Å²) in [5.74, 6) is -0.0807. The van der Waals surface area contributed by atoms with Crippen LogP contribution in [0.3, 0.4) is 0 Å². The van der Waals surface area contributed by atoms with Crippen LogP contribution in [0.1, 0.15) is 12.8 Å². The molecule has 2 fully saturated rings. The Labute approximate surface area is 124 Å². The van der Waals surface area contributed by atoms with Gasteiger partial charge in [0.1, 0.15) is 5.54 Å². The summed E-state index contributed by atoms with van der Waals surface area (Å²) in [5, 5.41) is 3.25. The van der Waals surface area contributed by atoms with E-state index in [-0.39, 0.29) is 24.3 Å². The first-order valence-electron chi connectivity index (χ1n) is 6.55. The third kappa shape index (κ3) is 1.98. The summed E-state index contributed by atoms with van der Waals surface area (Å²) in [5.41, 5.74) is 0.102. The Morgan fingerprint density at radius 1 is 1.10 bits per heavy atom. The van der Waals surface area contributed by atoms with Crippen LogP contribution in [0, 0.1) is 0 Å². The van der Waals surface area contributed by atoms with Gasteiger partial charge >= 0.3 is 6.03 Å². The van der Waals surface area contributed by atoms with Crippen molar-refractivity contribution in [2.45, 2.75) is 18.4 Å². The van der Waals surface area contributed by atoms with E-state index < -0.39 is 5.54 Å². The first-order valence-corrected chi connectivity index (χ1v) is 6.55. The molecule has 0 bridgehead atoms. The van der Waals surface area contributed by atoms with Gasteiger partial charge in [-0.2, -0.15) is 0 Å². The number of likely N-dealkylation sites (N-methyl/N-ethyl adjacent to an activating group) is 1. The minimum absolute atomic E-state index is 0. The molecular formula is C14H18ClN3O2. The van der Waals surface area contributed by atoms with E-state index >= 15 is 0 Å². The van der Waals surface area contributed by atoms with Gasteiger partial charge in [0.05, 0.1) is 0 Å². The summed E-state index contributed by atoms with van der Waals surface area (Å²) in [7, 11) is 1.57. The number of benzene rings is 1. The van der Waals surface area contributed by atoms with Gasteiger partial charge in [0.15, 0.2) is 0 Å². The summed E-state index contributed by atoms with van der Waals surface area (Å²) >= 11 is 0. The van der Waals surface area contributed by atoms with Crippen LogP contribution in [0.2, 0.25) is 0 Å². The number of halogens is 1. The molecule has 6 heteroatoms. The minimum Gasteiger partial charge on any atom is -0.317 e. The van der Waals surface area contributed by atoms with E-state index in [4.69, 9.17) is 0 Å². The first kappa shape index (κ1) is 14.8. The van der Waals surface area contributed by atoms with Gasteiger partial charge in [0.25, 0.3) is 5.91 Å². The molecule has 1 aromatic carbocycles. The molecule has 3 amide bonds. The van der Waals surface area contributed by atoms with Crippen molar-refractivity contribution < 1.29 is 9.59 Å². The number of anilines is 1. The fourth-order valence-electron chi connectivity index (χ4n) is 3.04. The number of amides is 3. The number of carbonyl (C=O) groups excluding carboxylic acids is 2. The number of rotatable bonds is 1. The molecule has 0 radical (unpaired) electrons. The maximum absolute atomic E-state index is 12.5. The lowest BCUT2D eigenvalue weighted by Gasteiger charge is -2.38. The fraction of sp³-hybridized carbons (Fsp3) is 0.429. The summed E-state index contributed by atoms with van der Waals surface area (Å²) in [6, 6.07) is 9.23. The van der Waals surface area contributed by atoms with Crippen LogP contribution in [0.4, 0.5) is 10.5 Å². The van der Waals surface area contributed by atoms with Crippen LogP contribution in [0.15, 0.2) is 30.3 Å². The Bertz CT molecular complexity index is 514. The molecule has 0 atom stereocenters. The second-order valence-electron chi connectivity index (χ2n) is 5.10. The van der Waals surface area contributed by atoms with Gasteiger partial charge in [0, 0.05) is 12.7 Å². The Morgan fingerprint density at radius 3 is 2.30 bits per heavy atom. The summed E-state index contributed by atoms with van der Waals surface area (Å²) in [4.78, 5) is 27.8. The van der Waals surface area contributed by atoms with E-state index in [0.717, 1.165) is 18.8 Å². The van der Waals surface area contributed by atoms with Crippen molar-refractivity contribution in [3.05, 3.63) is 30.3 Å². The van der Waals surface area contributed by atoms with Gasteiger partial charge in [-0.15, -0.1) is 12.4 Å². The molecular weight excluding hydrogens is 278 g/mol. The number of nitrogens with one attached hydrogen (secondary N) is 1. The Balaban J connectivity index is 0.00000147. The van der Waals surface area contributed by atoms with Gasteiger partial charge in [-0.3, -0.25) is 14.6 Å². The first-order chi connectivity index (χ1) is 9.17. The highest BCUT2D eigenvalue weighted by molar-refractivity contribution is 6.16. The maximum atomic E-state index is 12.5. The zero-order valence-electron chi connectivity index (χ0n) is 11.3. The normalized spacial score (nSPS) is 21.2. The standard InChI is InChI=1S/C14H17N3O2.ClH/c1-16-12(18)14(7-9-15-10-8-14)17(13(16)19)11-5-3-2-4-6-11;/h2-6,15H,7-10H2,1H3;1H. The second-order valence-corrected chi connectivity index (χ2v) is 5.10. The highest BCUT2D eigenvalue weighted by atomic mass is 35.5. The summed E-state index contributed by atoms with van der Waals surface area (Å²) < 4.78 is 0. The largest absolute Gasteiger partial charge is 0.331 e. The lowest BCUT2D eigenvalue weighted by Crippen LogP contribution is -2.56. The molecule has 1 spiro atoms. The van der Waals surface area contributed by atoms with Crippen LogP contribution in [0.25, 0.3) is 0 Å². The molecule has 0 saturated carbocycles. The van der Waals surface area contributed by atoms with Crippen molar-refractivity contribution in [2.75, 3.05) is 25.0 Å². The molecule has 5 nitrogen and oxygen atoms in total. The Hall–Kier alpha value is -1.59. The quantitative estimate of drug-likeness (QED) is 0.801. The molecule has 1 N–H and O–H groups in total. The third-order valence-corrected chi connectivity index (χ3v) is 4.05. The van der Waals surface area contributed by atoms with Gasteiger partial charge in [-0.05, 0) is 38.1 Å². The average Bonchev–Trinajstić information content (AvgIpc) is 2.63. The number of piperidine rings is 1. The van der Waals surface area contributed by atoms with Crippen molar-refractivity contribution >= 4 is 30.0 Å².